The number of amides is 1. The fourth-order valence-electron chi connectivity index (χ4n) is 2.95. The van der Waals surface area contributed by atoms with Gasteiger partial charge in [0, 0.05) is 11.4 Å². The van der Waals surface area contributed by atoms with Crippen molar-refractivity contribution in [1.29, 1.82) is 0 Å². The molecule has 0 spiro atoms. The maximum atomic E-state index is 13.3. The number of halogens is 2. The van der Waals surface area contributed by atoms with E-state index >= 15 is 0 Å². The predicted molar refractivity (Wildman–Crippen MR) is 82.2 cm³/mol. The molecule has 1 heterocycles. The lowest BCUT2D eigenvalue weighted by Gasteiger charge is -2.26. The molecule has 5 heteroatoms. The van der Waals surface area contributed by atoms with Gasteiger partial charge in [0.25, 0.3) is 5.91 Å². The highest BCUT2D eigenvalue weighted by Gasteiger charge is 2.21. The molecule has 0 aliphatic heterocycles. The van der Waals surface area contributed by atoms with E-state index in [1.807, 2.05) is 0 Å². The Kier molecular flexibility index (Phi) is 3.89. The molecule has 0 atom stereocenters. The molecule has 0 radical (unpaired) electrons. The summed E-state index contributed by atoms with van der Waals surface area (Å²) in [5, 5.41) is 4.02. The van der Waals surface area contributed by atoms with Gasteiger partial charge in [-0.1, -0.05) is 18.5 Å². The average molecular weight is 309 g/mol. The van der Waals surface area contributed by atoms with Crippen LogP contribution in [-0.4, -0.2) is 16.9 Å². The lowest BCUT2D eigenvalue weighted by molar-refractivity contribution is 0.0919. The van der Waals surface area contributed by atoms with Gasteiger partial charge in [-0.15, -0.1) is 0 Å². The third-order valence-corrected chi connectivity index (χ3v) is 4.56. The van der Waals surface area contributed by atoms with Crippen molar-refractivity contribution in [3.63, 3.8) is 0 Å². The third-order valence-electron chi connectivity index (χ3n) is 4.25. The number of hydrogen-bond donors (Lipinski definition) is 2. The number of benzene rings is 1. The number of nitrogens with one attached hydrogen (secondary N) is 2. The van der Waals surface area contributed by atoms with Crippen LogP contribution in [0, 0.1) is 11.7 Å². The van der Waals surface area contributed by atoms with Crippen molar-refractivity contribution < 1.29 is 9.18 Å². The molecule has 1 aromatic carbocycles. The lowest BCUT2D eigenvalue weighted by Crippen LogP contribution is -2.37. The largest absolute Gasteiger partial charge is 0.350 e. The minimum absolute atomic E-state index is 0.151. The van der Waals surface area contributed by atoms with Gasteiger partial charge in [0.15, 0.2) is 0 Å². The van der Waals surface area contributed by atoms with Crippen molar-refractivity contribution >= 4 is 28.4 Å². The van der Waals surface area contributed by atoms with Crippen LogP contribution in [-0.2, 0) is 0 Å². The first-order valence-electron chi connectivity index (χ1n) is 7.31. The molecule has 2 aromatic rings. The van der Waals surface area contributed by atoms with Gasteiger partial charge in [0.2, 0.25) is 0 Å². The van der Waals surface area contributed by atoms with E-state index in [0.717, 1.165) is 31.6 Å². The Labute approximate surface area is 127 Å². The van der Waals surface area contributed by atoms with Crippen LogP contribution in [0.15, 0.2) is 18.2 Å². The molecule has 0 unspecified atom stereocenters. The van der Waals surface area contributed by atoms with Gasteiger partial charge in [0.1, 0.15) is 11.5 Å². The number of H-pyrrole nitrogens is 1. The topological polar surface area (TPSA) is 44.9 Å². The summed E-state index contributed by atoms with van der Waals surface area (Å²) >= 11 is 6.00. The maximum Gasteiger partial charge on any atom is 0.267 e. The van der Waals surface area contributed by atoms with Gasteiger partial charge < -0.3 is 10.3 Å². The van der Waals surface area contributed by atoms with E-state index in [1.165, 1.54) is 12.1 Å². The Morgan fingerprint density at radius 1 is 1.29 bits per heavy atom. The van der Waals surface area contributed by atoms with Gasteiger partial charge in [-0.05, 0) is 49.8 Å². The van der Waals surface area contributed by atoms with E-state index in [2.05, 4.69) is 17.2 Å². The zero-order valence-electron chi connectivity index (χ0n) is 11.9. The summed E-state index contributed by atoms with van der Waals surface area (Å²) in [6.45, 7) is 2.24. The molecule has 1 fully saturated rings. The van der Waals surface area contributed by atoms with Gasteiger partial charge >= 0.3 is 0 Å². The molecule has 112 valence electrons. The Hall–Kier alpha value is -1.55. The van der Waals surface area contributed by atoms with Crippen LogP contribution in [0.1, 0.15) is 43.1 Å². The van der Waals surface area contributed by atoms with Crippen LogP contribution in [0.5, 0.6) is 0 Å². The minimum Gasteiger partial charge on any atom is -0.350 e. The fraction of sp³-hybridized carbons (Fsp3) is 0.438. The summed E-state index contributed by atoms with van der Waals surface area (Å²) in [5.41, 5.74) is 0.971. The van der Waals surface area contributed by atoms with Crippen molar-refractivity contribution in [1.82, 2.24) is 10.3 Å². The monoisotopic (exact) mass is 308 g/mol. The highest BCUT2D eigenvalue weighted by atomic mass is 35.5. The van der Waals surface area contributed by atoms with Crippen LogP contribution < -0.4 is 5.32 Å². The van der Waals surface area contributed by atoms with Crippen molar-refractivity contribution in [3.05, 3.63) is 34.7 Å². The number of aromatic amines is 1. The third kappa shape index (κ3) is 3.05. The smallest absolute Gasteiger partial charge is 0.267 e. The van der Waals surface area contributed by atoms with E-state index in [4.69, 9.17) is 11.6 Å². The summed E-state index contributed by atoms with van der Waals surface area (Å²) in [5.74, 6) is 0.179. The summed E-state index contributed by atoms with van der Waals surface area (Å²) < 4.78 is 13.3. The van der Waals surface area contributed by atoms with Crippen LogP contribution in [0.4, 0.5) is 4.39 Å². The predicted octanol–water partition coefficient (Wildman–Crippen LogP) is 4.27. The molecular weight excluding hydrogens is 291 g/mol. The molecule has 21 heavy (non-hydrogen) atoms. The van der Waals surface area contributed by atoms with Gasteiger partial charge in [0.05, 0.1) is 10.5 Å². The van der Waals surface area contributed by atoms with Gasteiger partial charge in [-0.2, -0.15) is 0 Å². The summed E-state index contributed by atoms with van der Waals surface area (Å²) in [6, 6.07) is 4.51. The molecule has 1 aliphatic carbocycles. The van der Waals surface area contributed by atoms with E-state index in [1.54, 1.807) is 6.07 Å². The molecule has 3 rings (SSSR count). The first kappa shape index (κ1) is 14.4. The van der Waals surface area contributed by atoms with Crippen molar-refractivity contribution in [2.45, 2.75) is 38.6 Å². The summed E-state index contributed by atoms with van der Waals surface area (Å²) in [4.78, 5) is 15.2. The second-order valence-corrected chi connectivity index (χ2v) is 6.37. The number of fused-ring (bicyclic) bond motifs is 1. The fourth-order valence-corrected chi connectivity index (χ4v) is 3.21. The van der Waals surface area contributed by atoms with Crippen LogP contribution in [0.25, 0.3) is 10.9 Å². The number of carbonyl (C=O) groups is 1. The zero-order valence-corrected chi connectivity index (χ0v) is 12.6. The SMILES string of the molecule is CC1CCC(NC(=O)c2cc3c(Cl)cc(F)cc3[nH]2)CC1. The Morgan fingerprint density at radius 3 is 2.71 bits per heavy atom. The van der Waals surface area contributed by atoms with Gasteiger partial charge in [-0.3, -0.25) is 4.79 Å². The number of hydrogen-bond acceptors (Lipinski definition) is 1. The Bertz CT molecular complexity index is 674. The lowest BCUT2D eigenvalue weighted by atomic mass is 9.87. The summed E-state index contributed by atoms with van der Waals surface area (Å²) in [6.07, 6.45) is 4.33. The molecule has 1 saturated carbocycles. The molecule has 0 saturated heterocycles. The van der Waals surface area contributed by atoms with E-state index in [0.29, 0.717) is 21.6 Å². The van der Waals surface area contributed by atoms with E-state index in [-0.39, 0.29) is 11.9 Å². The first-order chi connectivity index (χ1) is 10.0. The number of rotatable bonds is 2. The van der Waals surface area contributed by atoms with Crippen molar-refractivity contribution in [2.24, 2.45) is 5.92 Å². The molecule has 1 aliphatic rings. The highest BCUT2D eigenvalue weighted by molar-refractivity contribution is 6.35. The van der Waals surface area contributed by atoms with E-state index in [9.17, 15) is 9.18 Å². The molecule has 3 nitrogen and oxygen atoms in total. The van der Waals surface area contributed by atoms with E-state index < -0.39 is 5.82 Å². The standard InChI is InChI=1S/C16H18ClFN2O/c1-9-2-4-11(5-3-9)19-16(21)15-8-12-13(17)6-10(18)7-14(12)20-15/h6-9,11,20H,2-5H2,1H3,(H,19,21). The second-order valence-electron chi connectivity index (χ2n) is 5.96. The minimum atomic E-state index is -0.414. The Balaban J connectivity index is 1.77. The molecule has 1 aromatic heterocycles. The quantitative estimate of drug-likeness (QED) is 0.855. The number of aromatic nitrogens is 1. The normalized spacial score (nSPS) is 22.4. The van der Waals surface area contributed by atoms with Gasteiger partial charge in [-0.25, -0.2) is 4.39 Å². The summed E-state index contributed by atoms with van der Waals surface area (Å²) in [7, 11) is 0. The Morgan fingerprint density at radius 2 is 2.00 bits per heavy atom. The highest BCUT2D eigenvalue weighted by Crippen LogP contribution is 2.27. The molecule has 1 amide bonds. The van der Waals surface area contributed by atoms with Crippen LogP contribution in [0.2, 0.25) is 5.02 Å². The average Bonchev–Trinajstić information content (AvgIpc) is 2.85. The molecular formula is C16H18ClFN2O. The van der Waals surface area contributed by atoms with Crippen LogP contribution in [0.3, 0.4) is 0 Å². The van der Waals surface area contributed by atoms with Crippen molar-refractivity contribution in [2.75, 3.05) is 0 Å². The van der Waals surface area contributed by atoms with Crippen LogP contribution >= 0.6 is 11.6 Å². The first-order valence-corrected chi connectivity index (χ1v) is 7.69. The zero-order chi connectivity index (χ0) is 15.0. The second kappa shape index (κ2) is 5.68. The molecule has 0 bridgehead atoms. The maximum absolute atomic E-state index is 13.3. The number of carbonyl (C=O) groups excluding carboxylic acids is 1. The molecule has 2 N–H and O–H groups in total. The van der Waals surface area contributed by atoms with Crippen molar-refractivity contribution in [3.8, 4) is 0 Å².